The fourth-order valence-electron chi connectivity index (χ4n) is 3.52. The smallest absolute Gasteiger partial charge is 0.475 e. The Kier molecular flexibility index (Phi) is 9.29. The average molecular weight is 433 g/mol. The van der Waals surface area contributed by atoms with Crippen LogP contribution in [0.3, 0.4) is 0 Å². The molecule has 1 aromatic carbocycles. The molecule has 0 saturated carbocycles. The number of carboxylic acid groups (broad SMARTS) is 1. The second-order valence-electron chi connectivity index (χ2n) is 7.26. The van der Waals surface area contributed by atoms with Crippen LogP contribution in [0.5, 0.6) is 0 Å². The van der Waals surface area contributed by atoms with E-state index in [9.17, 15) is 18.0 Å². The first-order chi connectivity index (χ1) is 13.8. The molecule has 1 aromatic rings. The number of rotatable bonds is 5. The molecule has 2 saturated heterocycles. The number of thioether (sulfide) groups is 1. The zero-order valence-corrected chi connectivity index (χ0v) is 17.1. The quantitative estimate of drug-likeness (QED) is 0.719. The molecule has 0 aliphatic carbocycles. The fraction of sp³-hybridized carbons (Fsp3) is 0.600. The predicted molar refractivity (Wildman–Crippen MR) is 106 cm³/mol. The molecule has 2 aliphatic rings. The predicted octanol–water partition coefficient (Wildman–Crippen LogP) is 3.75. The van der Waals surface area contributed by atoms with Crippen molar-refractivity contribution in [1.29, 1.82) is 0 Å². The van der Waals surface area contributed by atoms with Gasteiger partial charge in [-0.25, -0.2) is 4.79 Å². The lowest BCUT2D eigenvalue weighted by Gasteiger charge is -2.34. The topological polar surface area (TPSA) is 60.9 Å². The molecule has 1 atom stereocenters. The molecule has 0 bridgehead atoms. The van der Waals surface area contributed by atoms with E-state index in [-0.39, 0.29) is 0 Å². The number of carbonyl (C=O) groups excluding carboxylic acids is 1. The maximum atomic E-state index is 12.4. The Morgan fingerprint density at radius 3 is 2.28 bits per heavy atom. The van der Waals surface area contributed by atoms with E-state index in [1.807, 2.05) is 18.2 Å². The Morgan fingerprint density at radius 1 is 1.07 bits per heavy atom. The normalized spacial score (nSPS) is 20.1. The van der Waals surface area contributed by atoms with Gasteiger partial charge in [0.25, 0.3) is 0 Å². The lowest BCUT2D eigenvalue weighted by Crippen LogP contribution is -2.44. The summed E-state index contributed by atoms with van der Waals surface area (Å²) in [6.07, 6.45) is 0.0680. The van der Waals surface area contributed by atoms with Crippen LogP contribution in [-0.4, -0.2) is 71.4 Å². The number of benzene rings is 1. The molecule has 9 heteroatoms. The first kappa shape index (κ1) is 23.5. The number of amides is 1. The maximum Gasteiger partial charge on any atom is 0.490 e. The zero-order chi connectivity index (χ0) is 21.3. The minimum atomic E-state index is -5.08. The molecule has 162 valence electrons. The van der Waals surface area contributed by atoms with Gasteiger partial charge in [0.15, 0.2) is 0 Å². The van der Waals surface area contributed by atoms with Crippen molar-refractivity contribution in [2.75, 3.05) is 38.5 Å². The highest BCUT2D eigenvalue weighted by atomic mass is 32.2. The molecule has 29 heavy (non-hydrogen) atoms. The van der Waals surface area contributed by atoms with Gasteiger partial charge in [0.2, 0.25) is 5.91 Å². The van der Waals surface area contributed by atoms with Gasteiger partial charge < -0.3 is 14.9 Å². The standard InChI is InChI=1S/C18H26N2OS.C2HF3O2/c21-18(15-22-17-8-2-1-3-9-17)20-12-6-7-16(14-20)13-19-10-4-5-11-19;3-2(4,5)1(6)7/h1-3,8-9,16H,4-7,10-15H2;(H,6,7). The van der Waals surface area contributed by atoms with Crippen LogP contribution in [0, 0.1) is 5.92 Å². The first-order valence-corrected chi connectivity index (χ1v) is 10.7. The monoisotopic (exact) mass is 432 g/mol. The number of carboxylic acids is 1. The van der Waals surface area contributed by atoms with Gasteiger partial charge in [-0.1, -0.05) is 18.2 Å². The van der Waals surface area contributed by atoms with Crippen LogP contribution in [0.1, 0.15) is 25.7 Å². The second kappa shape index (κ2) is 11.4. The second-order valence-corrected chi connectivity index (χ2v) is 8.31. The molecule has 2 heterocycles. The van der Waals surface area contributed by atoms with Crippen LogP contribution in [0.15, 0.2) is 35.2 Å². The van der Waals surface area contributed by atoms with E-state index in [1.165, 1.54) is 50.2 Å². The molecule has 1 unspecified atom stereocenters. The van der Waals surface area contributed by atoms with E-state index in [0.717, 1.165) is 13.1 Å². The van der Waals surface area contributed by atoms with Crippen molar-refractivity contribution >= 4 is 23.6 Å². The minimum Gasteiger partial charge on any atom is -0.475 e. The summed E-state index contributed by atoms with van der Waals surface area (Å²) < 4.78 is 31.7. The highest BCUT2D eigenvalue weighted by Gasteiger charge is 2.38. The number of hydrogen-bond acceptors (Lipinski definition) is 4. The molecular formula is C20H27F3N2O3S. The van der Waals surface area contributed by atoms with Crippen molar-refractivity contribution in [2.45, 2.75) is 36.8 Å². The van der Waals surface area contributed by atoms with Crippen LogP contribution >= 0.6 is 11.8 Å². The van der Waals surface area contributed by atoms with Gasteiger partial charge in [-0.15, -0.1) is 11.8 Å². The number of likely N-dealkylation sites (tertiary alicyclic amines) is 2. The highest BCUT2D eigenvalue weighted by Crippen LogP contribution is 2.22. The Hall–Kier alpha value is -1.74. The van der Waals surface area contributed by atoms with Crippen molar-refractivity contribution in [3.8, 4) is 0 Å². The van der Waals surface area contributed by atoms with Crippen molar-refractivity contribution in [2.24, 2.45) is 5.92 Å². The lowest BCUT2D eigenvalue weighted by molar-refractivity contribution is -0.192. The summed E-state index contributed by atoms with van der Waals surface area (Å²) in [4.78, 5) is 27.2. The van der Waals surface area contributed by atoms with Crippen LogP contribution in [0.2, 0.25) is 0 Å². The van der Waals surface area contributed by atoms with E-state index in [4.69, 9.17) is 9.90 Å². The van der Waals surface area contributed by atoms with Gasteiger partial charge >= 0.3 is 12.1 Å². The molecular weight excluding hydrogens is 405 g/mol. The van der Waals surface area contributed by atoms with E-state index < -0.39 is 12.1 Å². The molecule has 3 rings (SSSR count). The zero-order valence-electron chi connectivity index (χ0n) is 16.2. The van der Waals surface area contributed by atoms with Crippen LogP contribution < -0.4 is 0 Å². The van der Waals surface area contributed by atoms with Gasteiger partial charge in [0, 0.05) is 24.5 Å². The molecule has 0 aromatic heterocycles. The summed E-state index contributed by atoms with van der Waals surface area (Å²) in [7, 11) is 0. The summed E-state index contributed by atoms with van der Waals surface area (Å²) in [6, 6.07) is 10.2. The van der Waals surface area contributed by atoms with Crippen LogP contribution in [-0.2, 0) is 9.59 Å². The van der Waals surface area contributed by atoms with Gasteiger partial charge in [0.1, 0.15) is 0 Å². The molecule has 1 amide bonds. The van der Waals surface area contributed by atoms with Crippen molar-refractivity contribution in [3.63, 3.8) is 0 Å². The maximum absolute atomic E-state index is 12.4. The van der Waals surface area contributed by atoms with Crippen LogP contribution in [0.4, 0.5) is 13.2 Å². The Labute approximate surface area is 173 Å². The summed E-state index contributed by atoms with van der Waals surface area (Å²) in [6.45, 7) is 5.62. The molecule has 2 aliphatic heterocycles. The number of hydrogen-bond donors (Lipinski definition) is 1. The first-order valence-electron chi connectivity index (χ1n) is 9.74. The summed E-state index contributed by atoms with van der Waals surface area (Å²) in [5, 5.41) is 7.12. The number of alkyl halides is 3. The summed E-state index contributed by atoms with van der Waals surface area (Å²) in [5.74, 6) is -1.20. The molecule has 0 radical (unpaired) electrons. The fourth-order valence-corrected chi connectivity index (χ4v) is 4.35. The Balaban J connectivity index is 0.000000370. The lowest BCUT2D eigenvalue weighted by atomic mass is 9.97. The van der Waals surface area contributed by atoms with Crippen LogP contribution in [0.25, 0.3) is 0 Å². The van der Waals surface area contributed by atoms with Crippen molar-refractivity contribution < 1.29 is 27.9 Å². The third kappa shape index (κ3) is 8.65. The van der Waals surface area contributed by atoms with E-state index in [2.05, 4.69) is 21.9 Å². The summed E-state index contributed by atoms with van der Waals surface area (Å²) >= 11 is 1.65. The Morgan fingerprint density at radius 2 is 1.69 bits per heavy atom. The van der Waals surface area contributed by atoms with Gasteiger partial charge in [0.05, 0.1) is 5.75 Å². The minimum absolute atomic E-state index is 0.306. The third-order valence-electron chi connectivity index (χ3n) is 4.93. The van der Waals surface area contributed by atoms with E-state index in [0.29, 0.717) is 17.6 Å². The number of aliphatic carboxylic acids is 1. The SMILES string of the molecule is O=C(CSc1ccccc1)N1CCCC(CN2CCCC2)C1.O=C(O)C(F)(F)F. The molecule has 1 N–H and O–H groups in total. The average Bonchev–Trinajstić information content (AvgIpc) is 3.20. The largest absolute Gasteiger partial charge is 0.490 e. The Bertz CT molecular complexity index is 652. The molecule has 2 fully saturated rings. The van der Waals surface area contributed by atoms with E-state index >= 15 is 0 Å². The van der Waals surface area contributed by atoms with Crippen molar-refractivity contribution in [1.82, 2.24) is 9.80 Å². The number of halogens is 3. The van der Waals surface area contributed by atoms with Crippen molar-refractivity contribution in [3.05, 3.63) is 30.3 Å². The van der Waals surface area contributed by atoms with E-state index in [1.54, 1.807) is 11.8 Å². The number of carbonyl (C=O) groups is 2. The van der Waals surface area contributed by atoms with Gasteiger partial charge in [-0.2, -0.15) is 13.2 Å². The summed E-state index contributed by atoms with van der Waals surface area (Å²) in [5.41, 5.74) is 0. The number of nitrogens with zero attached hydrogens (tertiary/aromatic N) is 2. The molecule has 0 spiro atoms. The van der Waals surface area contributed by atoms with Gasteiger partial charge in [-0.3, -0.25) is 4.79 Å². The highest BCUT2D eigenvalue weighted by molar-refractivity contribution is 8.00. The van der Waals surface area contributed by atoms with Gasteiger partial charge in [-0.05, 0) is 56.8 Å². The molecule has 5 nitrogen and oxygen atoms in total. The third-order valence-corrected chi connectivity index (χ3v) is 5.93. The number of piperidine rings is 1.